The summed E-state index contributed by atoms with van der Waals surface area (Å²) in [5, 5.41) is 2.80. The summed E-state index contributed by atoms with van der Waals surface area (Å²) in [5.74, 6) is 0.844. The minimum atomic E-state index is -0.242. The molecule has 0 saturated heterocycles. The summed E-state index contributed by atoms with van der Waals surface area (Å²) in [4.78, 5) is 24.6. The van der Waals surface area contributed by atoms with E-state index in [1.807, 2.05) is 61.6 Å². The topological polar surface area (TPSA) is 69.6 Å². The lowest BCUT2D eigenvalue weighted by molar-refractivity contribution is -0.116. The molecule has 3 rings (SSSR count). The van der Waals surface area contributed by atoms with E-state index >= 15 is 0 Å². The van der Waals surface area contributed by atoms with Crippen LogP contribution in [0.15, 0.2) is 77.7 Å². The number of hydrogen-bond donors (Lipinski definition) is 1. The first kappa shape index (κ1) is 22.9. The third kappa shape index (κ3) is 6.87. The number of aryl methyl sites for hydroxylation is 1. The van der Waals surface area contributed by atoms with Gasteiger partial charge in [-0.2, -0.15) is 0 Å². The highest BCUT2D eigenvalue weighted by atomic mass is 16.5. The Hall–Kier alpha value is -3.80. The van der Waals surface area contributed by atoms with Crippen molar-refractivity contribution in [3.05, 3.63) is 100.0 Å². The van der Waals surface area contributed by atoms with Gasteiger partial charge in [0.2, 0.25) is 11.3 Å². The van der Waals surface area contributed by atoms with E-state index in [-0.39, 0.29) is 23.6 Å². The first-order valence-electron chi connectivity index (χ1n) is 10.6. The number of benzene rings is 2. The van der Waals surface area contributed by atoms with Crippen LogP contribution in [-0.4, -0.2) is 17.1 Å². The van der Waals surface area contributed by atoms with Crippen molar-refractivity contribution in [1.82, 2.24) is 9.88 Å². The summed E-state index contributed by atoms with van der Waals surface area (Å²) in [7, 11) is 1.81. The highest BCUT2D eigenvalue weighted by Gasteiger charge is 2.07. The van der Waals surface area contributed by atoms with E-state index in [4.69, 9.17) is 9.47 Å². The smallest absolute Gasteiger partial charge is 0.244 e. The van der Waals surface area contributed by atoms with E-state index in [0.717, 1.165) is 23.3 Å². The third-order valence-electron chi connectivity index (χ3n) is 4.77. The molecule has 0 aliphatic rings. The summed E-state index contributed by atoms with van der Waals surface area (Å²) < 4.78 is 13.0. The van der Waals surface area contributed by atoms with Crippen molar-refractivity contribution in [3.63, 3.8) is 0 Å². The molecule has 1 N–H and O–H groups in total. The molecule has 0 bridgehead atoms. The monoisotopic (exact) mass is 432 g/mol. The first-order chi connectivity index (χ1) is 15.5. The van der Waals surface area contributed by atoms with Crippen molar-refractivity contribution in [2.75, 3.05) is 6.61 Å². The van der Waals surface area contributed by atoms with Gasteiger partial charge in [-0.25, -0.2) is 0 Å². The fraction of sp³-hybridized carbons (Fsp3) is 0.231. The molecule has 2 aromatic carbocycles. The minimum absolute atomic E-state index is 0.218. The van der Waals surface area contributed by atoms with Gasteiger partial charge >= 0.3 is 0 Å². The summed E-state index contributed by atoms with van der Waals surface area (Å²) in [6.07, 6.45) is 5.80. The van der Waals surface area contributed by atoms with Crippen LogP contribution in [0.25, 0.3) is 6.08 Å². The average molecular weight is 433 g/mol. The van der Waals surface area contributed by atoms with E-state index in [1.54, 1.807) is 16.8 Å². The van der Waals surface area contributed by atoms with Gasteiger partial charge in [-0.1, -0.05) is 49.4 Å². The van der Waals surface area contributed by atoms with Crippen LogP contribution < -0.4 is 20.2 Å². The molecule has 0 aliphatic carbocycles. The molecule has 0 saturated carbocycles. The number of carbonyl (C=O) groups is 1. The highest BCUT2D eigenvalue weighted by molar-refractivity contribution is 5.91. The van der Waals surface area contributed by atoms with Crippen LogP contribution >= 0.6 is 0 Å². The Kier molecular flexibility index (Phi) is 8.26. The number of hydrogen-bond acceptors (Lipinski definition) is 4. The second-order valence-corrected chi connectivity index (χ2v) is 7.35. The lowest BCUT2D eigenvalue weighted by atomic mass is 10.2. The quantitative estimate of drug-likeness (QED) is 0.490. The van der Waals surface area contributed by atoms with Crippen LogP contribution in [0.5, 0.6) is 11.5 Å². The Balaban J connectivity index is 1.53. The zero-order valence-electron chi connectivity index (χ0n) is 18.4. The normalized spacial score (nSPS) is 10.8. The van der Waals surface area contributed by atoms with Crippen molar-refractivity contribution in [2.45, 2.75) is 26.5 Å². The Labute approximate surface area is 188 Å². The molecule has 0 spiro atoms. The zero-order chi connectivity index (χ0) is 22.8. The molecule has 0 fully saturated rings. The van der Waals surface area contributed by atoms with Gasteiger partial charge in [0.05, 0.1) is 19.3 Å². The minimum Gasteiger partial charge on any atom is -0.494 e. The summed E-state index contributed by atoms with van der Waals surface area (Å²) in [6.45, 7) is 3.29. The Bertz CT molecular complexity index is 1100. The SMILES string of the molecule is CCCOc1ccc(/C=C/C(=O)NCc2cc(=O)c(OCc3ccccc3)cn2C)cc1. The standard InChI is InChI=1S/C26H28N2O4/c1-3-15-31-23-12-9-20(10-13-23)11-14-26(30)27-17-22-16-24(29)25(18-28(22)2)32-19-21-7-5-4-6-8-21/h4-14,16,18H,3,15,17,19H2,1-2H3,(H,27,30)/b14-11+. The number of ether oxygens (including phenoxy) is 2. The van der Waals surface area contributed by atoms with Crippen LogP contribution in [0, 0.1) is 0 Å². The van der Waals surface area contributed by atoms with Crippen LogP contribution in [-0.2, 0) is 25.0 Å². The number of amides is 1. The van der Waals surface area contributed by atoms with Crippen LogP contribution in [0.4, 0.5) is 0 Å². The number of nitrogens with zero attached hydrogens (tertiary/aromatic N) is 1. The van der Waals surface area contributed by atoms with E-state index in [0.29, 0.717) is 18.9 Å². The van der Waals surface area contributed by atoms with Crippen molar-refractivity contribution < 1.29 is 14.3 Å². The zero-order valence-corrected chi connectivity index (χ0v) is 18.4. The van der Waals surface area contributed by atoms with Gasteiger partial charge in [-0.05, 0) is 35.8 Å². The van der Waals surface area contributed by atoms with E-state index in [9.17, 15) is 9.59 Å². The molecule has 0 aliphatic heterocycles. The molecule has 0 unspecified atom stereocenters. The van der Waals surface area contributed by atoms with Crippen LogP contribution in [0.2, 0.25) is 0 Å². The first-order valence-corrected chi connectivity index (χ1v) is 10.6. The number of nitrogens with one attached hydrogen (secondary N) is 1. The molecule has 3 aromatic rings. The summed E-state index contributed by atoms with van der Waals surface area (Å²) in [5.41, 5.74) is 2.35. The molecular weight excluding hydrogens is 404 g/mol. The van der Waals surface area contributed by atoms with Gasteiger partial charge in [-0.15, -0.1) is 0 Å². The fourth-order valence-electron chi connectivity index (χ4n) is 2.97. The molecule has 166 valence electrons. The van der Waals surface area contributed by atoms with E-state index in [2.05, 4.69) is 12.2 Å². The van der Waals surface area contributed by atoms with Crippen molar-refractivity contribution in [2.24, 2.45) is 7.05 Å². The van der Waals surface area contributed by atoms with Gasteiger partial charge < -0.3 is 19.4 Å². The van der Waals surface area contributed by atoms with E-state index < -0.39 is 0 Å². The molecule has 6 nitrogen and oxygen atoms in total. The van der Waals surface area contributed by atoms with Crippen LogP contribution in [0.3, 0.4) is 0 Å². The van der Waals surface area contributed by atoms with Gasteiger partial charge in [0.1, 0.15) is 12.4 Å². The largest absolute Gasteiger partial charge is 0.494 e. The molecule has 1 amide bonds. The van der Waals surface area contributed by atoms with E-state index in [1.165, 1.54) is 12.1 Å². The second kappa shape index (κ2) is 11.6. The highest BCUT2D eigenvalue weighted by Crippen LogP contribution is 2.13. The molecule has 1 aromatic heterocycles. The van der Waals surface area contributed by atoms with Gasteiger partial charge in [0, 0.05) is 24.9 Å². The summed E-state index contributed by atoms with van der Waals surface area (Å²) in [6, 6.07) is 18.7. The molecule has 0 radical (unpaired) electrons. The van der Waals surface area contributed by atoms with Gasteiger partial charge in [0.15, 0.2) is 5.75 Å². The van der Waals surface area contributed by atoms with Gasteiger partial charge in [0.25, 0.3) is 0 Å². The molecular formula is C26H28N2O4. The van der Waals surface area contributed by atoms with Crippen molar-refractivity contribution in [3.8, 4) is 11.5 Å². The summed E-state index contributed by atoms with van der Waals surface area (Å²) >= 11 is 0. The molecule has 32 heavy (non-hydrogen) atoms. The van der Waals surface area contributed by atoms with Crippen molar-refractivity contribution in [1.29, 1.82) is 0 Å². The third-order valence-corrected chi connectivity index (χ3v) is 4.77. The predicted octanol–water partition coefficient (Wildman–Crippen LogP) is 4.08. The maximum absolute atomic E-state index is 12.4. The Morgan fingerprint density at radius 3 is 2.53 bits per heavy atom. The second-order valence-electron chi connectivity index (χ2n) is 7.35. The maximum Gasteiger partial charge on any atom is 0.244 e. The molecule has 0 atom stereocenters. The fourth-order valence-corrected chi connectivity index (χ4v) is 2.97. The van der Waals surface area contributed by atoms with Crippen molar-refractivity contribution >= 4 is 12.0 Å². The Morgan fingerprint density at radius 1 is 1.06 bits per heavy atom. The Morgan fingerprint density at radius 2 is 1.81 bits per heavy atom. The average Bonchev–Trinajstić information content (AvgIpc) is 2.82. The molecule has 1 heterocycles. The van der Waals surface area contributed by atoms with Gasteiger partial charge in [-0.3, -0.25) is 9.59 Å². The molecule has 6 heteroatoms. The number of rotatable bonds is 10. The number of carbonyl (C=O) groups excluding carboxylic acids is 1. The number of pyridine rings is 1. The van der Waals surface area contributed by atoms with Crippen LogP contribution in [0.1, 0.15) is 30.2 Å². The predicted molar refractivity (Wildman–Crippen MR) is 126 cm³/mol. The maximum atomic E-state index is 12.4. The lowest BCUT2D eigenvalue weighted by Gasteiger charge is -2.12. The lowest BCUT2D eigenvalue weighted by Crippen LogP contribution is -2.24. The number of aromatic nitrogens is 1.